The van der Waals surface area contributed by atoms with Crippen molar-refractivity contribution < 1.29 is 0 Å². The number of aromatic nitrogens is 1. The van der Waals surface area contributed by atoms with Crippen molar-refractivity contribution in [1.29, 1.82) is 5.26 Å². The zero-order valence-electron chi connectivity index (χ0n) is 12.8. The molecule has 3 N–H and O–H groups in total. The Morgan fingerprint density at radius 3 is 2.68 bits per heavy atom. The third-order valence-electron chi connectivity index (χ3n) is 4.39. The molecule has 0 amide bonds. The molecule has 0 aliphatic carbocycles. The van der Waals surface area contributed by atoms with Crippen LogP contribution in [-0.4, -0.2) is 18.1 Å². The highest BCUT2D eigenvalue weighted by Gasteiger charge is 2.22. The van der Waals surface area contributed by atoms with Crippen LogP contribution in [0.5, 0.6) is 0 Å². The van der Waals surface area contributed by atoms with Gasteiger partial charge < -0.3 is 11.1 Å². The van der Waals surface area contributed by atoms with Gasteiger partial charge in [0.1, 0.15) is 11.9 Å². The van der Waals surface area contributed by atoms with E-state index in [0.29, 0.717) is 17.3 Å². The highest BCUT2D eigenvalue weighted by Crippen LogP contribution is 2.33. The molecular weight excluding hydrogens is 272 g/mol. The van der Waals surface area contributed by atoms with Crippen LogP contribution in [0.2, 0.25) is 0 Å². The number of nitriles is 1. The fourth-order valence-electron chi connectivity index (χ4n) is 3.16. The van der Waals surface area contributed by atoms with Crippen LogP contribution in [0.1, 0.15) is 35.4 Å². The molecule has 0 spiro atoms. The lowest BCUT2D eigenvalue weighted by Gasteiger charge is -2.24. The van der Waals surface area contributed by atoms with Crippen molar-refractivity contribution in [3.05, 3.63) is 47.0 Å². The molecule has 22 heavy (non-hydrogen) atoms. The summed E-state index contributed by atoms with van der Waals surface area (Å²) in [6.45, 7) is 4.03. The predicted octanol–water partition coefficient (Wildman–Crippen LogP) is 2.98. The molecule has 112 valence electrons. The Kier molecular flexibility index (Phi) is 4.08. The summed E-state index contributed by atoms with van der Waals surface area (Å²) in [5.74, 6) is 0.723. The van der Waals surface area contributed by atoms with Gasteiger partial charge in [0.25, 0.3) is 0 Å². The van der Waals surface area contributed by atoms with Crippen molar-refractivity contribution in [3.63, 3.8) is 0 Å². The third kappa shape index (κ3) is 2.68. The molecule has 0 unspecified atom stereocenters. The van der Waals surface area contributed by atoms with Crippen LogP contribution in [0, 0.1) is 18.3 Å². The van der Waals surface area contributed by atoms with Gasteiger partial charge >= 0.3 is 0 Å². The van der Waals surface area contributed by atoms with Crippen LogP contribution in [0.4, 0.5) is 5.82 Å². The fraction of sp³-hybridized carbons (Fsp3) is 0.333. The minimum atomic E-state index is 0.344. The molecule has 1 aliphatic heterocycles. The number of hydrogen-bond donors (Lipinski definition) is 2. The fourth-order valence-corrected chi connectivity index (χ4v) is 3.16. The minimum Gasteiger partial charge on any atom is -0.383 e. The predicted molar refractivity (Wildman–Crippen MR) is 88.4 cm³/mol. The molecule has 1 fully saturated rings. The number of rotatable bonds is 2. The quantitative estimate of drug-likeness (QED) is 0.892. The van der Waals surface area contributed by atoms with Crippen molar-refractivity contribution in [3.8, 4) is 17.3 Å². The maximum atomic E-state index is 9.46. The number of pyridine rings is 1. The second-order valence-electron chi connectivity index (χ2n) is 5.81. The van der Waals surface area contributed by atoms with Gasteiger partial charge in [0.15, 0.2) is 0 Å². The molecule has 1 aromatic heterocycles. The number of benzene rings is 1. The van der Waals surface area contributed by atoms with Crippen molar-refractivity contribution >= 4 is 5.82 Å². The molecule has 3 rings (SSSR count). The number of nitrogens with two attached hydrogens (primary N) is 1. The molecule has 2 heterocycles. The van der Waals surface area contributed by atoms with Gasteiger partial charge in [-0.2, -0.15) is 5.26 Å². The minimum absolute atomic E-state index is 0.344. The van der Waals surface area contributed by atoms with E-state index >= 15 is 0 Å². The summed E-state index contributed by atoms with van der Waals surface area (Å²) >= 11 is 0. The van der Waals surface area contributed by atoms with Crippen LogP contribution in [0.25, 0.3) is 11.3 Å². The largest absolute Gasteiger partial charge is 0.383 e. The van der Waals surface area contributed by atoms with Gasteiger partial charge in [-0.3, -0.25) is 0 Å². The van der Waals surface area contributed by atoms with Crippen molar-refractivity contribution in [2.45, 2.75) is 25.7 Å². The maximum Gasteiger partial charge on any atom is 0.142 e. The topological polar surface area (TPSA) is 74.7 Å². The van der Waals surface area contributed by atoms with Gasteiger partial charge in [0, 0.05) is 5.56 Å². The number of nitrogens with one attached hydrogen (secondary N) is 1. The molecule has 1 saturated heterocycles. The van der Waals surface area contributed by atoms with Gasteiger partial charge in [0.05, 0.1) is 11.3 Å². The first-order valence-electron chi connectivity index (χ1n) is 7.68. The number of piperidine rings is 1. The van der Waals surface area contributed by atoms with Crippen LogP contribution in [0.3, 0.4) is 0 Å². The number of nitrogen functional groups attached to an aromatic ring is 1. The van der Waals surface area contributed by atoms with E-state index in [0.717, 1.165) is 48.3 Å². The van der Waals surface area contributed by atoms with E-state index in [4.69, 9.17) is 5.73 Å². The lowest BCUT2D eigenvalue weighted by atomic mass is 9.86. The van der Waals surface area contributed by atoms with E-state index in [-0.39, 0.29) is 0 Å². The van der Waals surface area contributed by atoms with Crippen LogP contribution < -0.4 is 11.1 Å². The summed E-state index contributed by atoms with van der Waals surface area (Å²) in [7, 11) is 0. The monoisotopic (exact) mass is 292 g/mol. The maximum absolute atomic E-state index is 9.46. The Labute approximate surface area is 131 Å². The SMILES string of the molecule is Cc1ccccc1-c1cc(C2CCNCC2)c(C#N)c(N)n1. The van der Waals surface area contributed by atoms with Crippen LogP contribution in [-0.2, 0) is 0 Å². The van der Waals surface area contributed by atoms with E-state index in [9.17, 15) is 5.26 Å². The number of aryl methyl sites for hydroxylation is 1. The average molecular weight is 292 g/mol. The Bertz CT molecular complexity index is 724. The highest BCUT2D eigenvalue weighted by molar-refractivity contribution is 5.69. The summed E-state index contributed by atoms with van der Waals surface area (Å²) in [5.41, 5.74) is 10.8. The molecule has 4 heteroatoms. The molecule has 1 aromatic carbocycles. The van der Waals surface area contributed by atoms with Crippen LogP contribution in [0.15, 0.2) is 30.3 Å². The second-order valence-corrected chi connectivity index (χ2v) is 5.81. The zero-order chi connectivity index (χ0) is 15.5. The molecule has 2 aromatic rings. The number of nitrogens with zero attached hydrogens (tertiary/aromatic N) is 2. The molecule has 4 nitrogen and oxygen atoms in total. The molecule has 1 aliphatic rings. The zero-order valence-corrected chi connectivity index (χ0v) is 12.8. The molecule has 0 radical (unpaired) electrons. The molecule has 0 atom stereocenters. The Hall–Kier alpha value is -2.38. The Balaban J connectivity index is 2.12. The average Bonchev–Trinajstić information content (AvgIpc) is 2.55. The molecule has 0 bridgehead atoms. The van der Waals surface area contributed by atoms with E-state index in [1.807, 2.05) is 12.1 Å². The van der Waals surface area contributed by atoms with E-state index in [2.05, 4.69) is 41.5 Å². The van der Waals surface area contributed by atoms with Gasteiger partial charge in [-0.1, -0.05) is 24.3 Å². The Morgan fingerprint density at radius 2 is 2.00 bits per heavy atom. The number of anilines is 1. The van der Waals surface area contributed by atoms with Crippen molar-refractivity contribution in [1.82, 2.24) is 10.3 Å². The second kappa shape index (κ2) is 6.17. The van der Waals surface area contributed by atoms with Crippen LogP contribution >= 0.6 is 0 Å². The summed E-state index contributed by atoms with van der Waals surface area (Å²) in [6.07, 6.45) is 2.07. The van der Waals surface area contributed by atoms with Gasteiger partial charge in [0.2, 0.25) is 0 Å². The number of hydrogen-bond acceptors (Lipinski definition) is 4. The van der Waals surface area contributed by atoms with E-state index < -0.39 is 0 Å². The lowest BCUT2D eigenvalue weighted by Crippen LogP contribution is -2.27. The van der Waals surface area contributed by atoms with Gasteiger partial charge in [-0.25, -0.2) is 4.98 Å². The Morgan fingerprint density at radius 1 is 1.27 bits per heavy atom. The highest BCUT2D eigenvalue weighted by atomic mass is 14.9. The van der Waals surface area contributed by atoms with E-state index in [1.54, 1.807) is 0 Å². The summed E-state index contributed by atoms with van der Waals surface area (Å²) in [5, 5.41) is 12.8. The summed E-state index contributed by atoms with van der Waals surface area (Å²) in [6, 6.07) is 12.4. The smallest absolute Gasteiger partial charge is 0.142 e. The van der Waals surface area contributed by atoms with Crippen molar-refractivity contribution in [2.75, 3.05) is 18.8 Å². The van der Waals surface area contributed by atoms with E-state index in [1.165, 1.54) is 0 Å². The molecule has 0 saturated carbocycles. The van der Waals surface area contributed by atoms with Crippen molar-refractivity contribution in [2.24, 2.45) is 0 Å². The summed E-state index contributed by atoms with van der Waals surface area (Å²) in [4.78, 5) is 4.47. The van der Waals surface area contributed by atoms with Gasteiger partial charge in [-0.05, 0) is 56.0 Å². The summed E-state index contributed by atoms with van der Waals surface area (Å²) < 4.78 is 0. The standard InChI is InChI=1S/C18H20N4/c1-12-4-2-3-5-14(12)17-10-15(13-6-8-21-9-7-13)16(11-19)18(20)22-17/h2-5,10,13,21H,6-9H2,1H3,(H2,20,22). The van der Waals surface area contributed by atoms with Gasteiger partial charge in [-0.15, -0.1) is 0 Å². The first-order chi connectivity index (χ1) is 10.7. The molecular formula is C18H20N4. The first-order valence-corrected chi connectivity index (χ1v) is 7.68. The normalized spacial score (nSPS) is 15.5. The third-order valence-corrected chi connectivity index (χ3v) is 4.39. The first kappa shape index (κ1) is 14.6. The lowest BCUT2D eigenvalue weighted by molar-refractivity contribution is 0.460.